The summed E-state index contributed by atoms with van der Waals surface area (Å²) in [6, 6.07) is 4.92. The summed E-state index contributed by atoms with van der Waals surface area (Å²) in [4.78, 5) is 17.2. The highest BCUT2D eigenvalue weighted by Crippen LogP contribution is 2.39. The number of amides is 1. The summed E-state index contributed by atoms with van der Waals surface area (Å²) in [6.07, 6.45) is 1.54. The molecule has 0 saturated carbocycles. The lowest BCUT2D eigenvalue weighted by molar-refractivity contribution is -0.123. The maximum Gasteiger partial charge on any atom is 0.231 e. The number of nitrogens with one attached hydrogen (secondary N) is 1. The van der Waals surface area contributed by atoms with E-state index in [-0.39, 0.29) is 24.6 Å². The van der Waals surface area contributed by atoms with Crippen molar-refractivity contribution >= 4 is 22.8 Å². The van der Waals surface area contributed by atoms with Crippen LogP contribution in [0.15, 0.2) is 24.4 Å². The fraction of sp³-hybridized carbons (Fsp3) is 0.409. The Morgan fingerprint density at radius 1 is 1.29 bits per heavy atom. The molecule has 8 nitrogen and oxygen atoms in total. The quantitative estimate of drug-likeness (QED) is 0.661. The van der Waals surface area contributed by atoms with Gasteiger partial charge in [0.1, 0.15) is 0 Å². The number of carbonyl (C=O) groups is 1. The number of carbonyl (C=O) groups excluding carboxylic acids is 1. The Morgan fingerprint density at radius 2 is 2.06 bits per heavy atom. The Bertz CT molecular complexity index is 1150. The summed E-state index contributed by atoms with van der Waals surface area (Å²) >= 11 is 0. The van der Waals surface area contributed by atoms with Crippen LogP contribution in [0, 0.1) is 11.2 Å². The highest BCUT2D eigenvalue weighted by atomic mass is 19.1. The van der Waals surface area contributed by atoms with Gasteiger partial charge in [-0.15, -0.1) is 0 Å². The molecule has 1 aromatic carbocycles. The lowest BCUT2D eigenvalue weighted by Crippen LogP contribution is -2.28. The van der Waals surface area contributed by atoms with E-state index < -0.39 is 11.2 Å². The number of aromatic nitrogens is 3. The van der Waals surface area contributed by atoms with Gasteiger partial charge < -0.3 is 19.5 Å². The lowest BCUT2D eigenvalue weighted by Gasteiger charge is -2.16. The maximum atomic E-state index is 14.4. The molecule has 1 aliphatic rings. The van der Waals surface area contributed by atoms with E-state index in [2.05, 4.69) is 15.4 Å². The number of ether oxygens (including phenoxy) is 3. The van der Waals surface area contributed by atoms with Crippen LogP contribution in [0.5, 0.6) is 11.5 Å². The van der Waals surface area contributed by atoms with Crippen LogP contribution < -0.4 is 14.8 Å². The average Bonchev–Trinajstić information content (AvgIpc) is 3.32. The second-order valence-electron chi connectivity index (χ2n) is 8.57. The van der Waals surface area contributed by atoms with Crippen molar-refractivity contribution in [2.24, 2.45) is 5.41 Å². The van der Waals surface area contributed by atoms with E-state index in [9.17, 15) is 9.18 Å². The molecule has 3 heterocycles. The number of halogens is 1. The Kier molecular flexibility index (Phi) is 5.30. The van der Waals surface area contributed by atoms with Crippen molar-refractivity contribution < 1.29 is 23.4 Å². The molecule has 0 bridgehead atoms. The van der Waals surface area contributed by atoms with Crippen molar-refractivity contribution in [1.29, 1.82) is 0 Å². The minimum atomic E-state index is -0.596. The van der Waals surface area contributed by atoms with Gasteiger partial charge in [0.05, 0.1) is 18.0 Å². The molecule has 0 spiro atoms. The van der Waals surface area contributed by atoms with E-state index in [1.165, 1.54) is 6.07 Å². The first-order valence-corrected chi connectivity index (χ1v) is 9.97. The normalized spacial score (nSPS) is 14.1. The predicted molar refractivity (Wildman–Crippen MR) is 114 cm³/mol. The van der Waals surface area contributed by atoms with Crippen LogP contribution >= 0.6 is 0 Å². The summed E-state index contributed by atoms with van der Waals surface area (Å²) in [7, 11) is 1.62. The summed E-state index contributed by atoms with van der Waals surface area (Å²) in [5, 5.41) is 8.11. The molecule has 1 aliphatic heterocycles. The van der Waals surface area contributed by atoms with Crippen molar-refractivity contribution in [1.82, 2.24) is 14.8 Å². The minimum absolute atomic E-state index is 0.0135. The zero-order chi connectivity index (χ0) is 22.3. The molecule has 1 unspecified atom stereocenters. The van der Waals surface area contributed by atoms with E-state index in [0.29, 0.717) is 40.3 Å². The second-order valence-corrected chi connectivity index (χ2v) is 8.57. The molecule has 4 rings (SSSR count). The van der Waals surface area contributed by atoms with Gasteiger partial charge in [-0.05, 0) is 30.7 Å². The fourth-order valence-electron chi connectivity index (χ4n) is 3.18. The first-order valence-electron chi connectivity index (χ1n) is 9.97. The molecule has 2 aromatic heterocycles. The van der Waals surface area contributed by atoms with Crippen LogP contribution in [-0.4, -0.2) is 40.7 Å². The van der Waals surface area contributed by atoms with E-state index in [1.807, 2.05) is 33.8 Å². The maximum absolute atomic E-state index is 14.4. The van der Waals surface area contributed by atoms with E-state index in [4.69, 9.17) is 14.2 Å². The van der Waals surface area contributed by atoms with E-state index in [1.54, 1.807) is 24.1 Å². The second kappa shape index (κ2) is 7.81. The average molecular weight is 428 g/mol. The van der Waals surface area contributed by atoms with Gasteiger partial charge in [0.15, 0.2) is 23.0 Å². The SMILES string of the molecule is COC(C)Cn1nc(NC(=O)C(C)(C)C)c2cc(-c3cc(F)c4c(c3)OCO4)cnc21. The molecule has 0 aliphatic carbocycles. The summed E-state index contributed by atoms with van der Waals surface area (Å²) < 4.78 is 31.9. The van der Waals surface area contributed by atoms with Crippen LogP contribution in [0.1, 0.15) is 27.7 Å². The largest absolute Gasteiger partial charge is 0.453 e. The first kappa shape index (κ1) is 21.0. The smallest absolute Gasteiger partial charge is 0.231 e. The molecule has 0 radical (unpaired) electrons. The molecule has 9 heteroatoms. The van der Waals surface area contributed by atoms with Gasteiger partial charge in [-0.2, -0.15) is 5.10 Å². The number of methoxy groups -OCH3 is 1. The number of nitrogens with zero attached hydrogens (tertiary/aromatic N) is 3. The molecular weight excluding hydrogens is 403 g/mol. The summed E-state index contributed by atoms with van der Waals surface area (Å²) in [5.41, 5.74) is 1.25. The highest BCUT2D eigenvalue weighted by Gasteiger charge is 2.25. The number of hydrogen-bond acceptors (Lipinski definition) is 6. The molecule has 1 N–H and O–H groups in total. The topological polar surface area (TPSA) is 87.5 Å². The summed E-state index contributed by atoms with van der Waals surface area (Å²) in [5.74, 6) is 0.182. The molecule has 0 saturated heterocycles. The standard InChI is InChI=1S/C22H25FN4O4/c1-12(29-5)10-27-20-15(19(26-27)25-21(28)22(2,3)4)6-14(9-24-20)13-7-16(23)18-17(8-13)30-11-31-18/h6-9,12H,10-11H2,1-5H3,(H,25,26,28). The third-order valence-electron chi connectivity index (χ3n) is 5.09. The number of anilines is 1. The van der Waals surface area contributed by atoms with Gasteiger partial charge in [0, 0.05) is 24.3 Å². The number of rotatable bonds is 5. The van der Waals surface area contributed by atoms with Crippen molar-refractivity contribution in [3.05, 3.63) is 30.2 Å². The van der Waals surface area contributed by atoms with Crippen molar-refractivity contribution in [3.8, 4) is 22.6 Å². The van der Waals surface area contributed by atoms with Gasteiger partial charge in [0.25, 0.3) is 0 Å². The summed E-state index contributed by atoms with van der Waals surface area (Å²) in [6.45, 7) is 7.85. The van der Waals surface area contributed by atoms with Crippen LogP contribution in [0.25, 0.3) is 22.2 Å². The van der Waals surface area contributed by atoms with Gasteiger partial charge in [-0.25, -0.2) is 14.1 Å². The van der Waals surface area contributed by atoms with Crippen molar-refractivity contribution in [2.75, 3.05) is 19.2 Å². The van der Waals surface area contributed by atoms with E-state index >= 15 is 0 Å². The Balaban J connectivity index is 1.80. The molecular formula is C22H25FN4O4. The zero-order valence-corrected chi connectivity index (χ0v) is 18.2. The first-order chi connectivity index (χ1) is 14.7. The zero-order valence-electron chi connectivity index (χ0n) is 18.2. The van der Waals surface area contributed by atoms with Gasteiger partial charge in [-0.1, -0.05) is 20.8 Å². The lowest BCUT2D eigenvalue weighted by atomic mass is 9.96. The molecule has 31 heavy (non-hydrogen) atoms. The molecule has 1 atom stereocenters. The van der Waals surface area contributed by atoms with Gasteiger partial charge in [-0.3, -0.25) is 4.79 Å². The monoisotopic (exact) mass is 428 g/mol. The molecule has 164 valence electrons. The van der Waals surface area contributed by atoms with Crippen molar-refractivity contribution in [2.45, 2.75) is 40.3 Å². The number of fused-ring (bicyclic) bond motifs is 2. The Morgan fingerprint density at radius 3 is 2.77 bits per heavy atom. The Labute approximate surface area is 179 Å². The minimum Gasteiger partial charge on any atom is -0.453 e. The fourth-order valence-corrected chi connectivity index (χ4v) is 3.18. The third-order valence-corrected chi connectivity index (χ3v) is 5.09. The number of hydrogen-bond donors (Lipinski definition) is 1. The Hall–Kier alpha value is -3.20. The van der Waals surface area contributed by atoms with Gasteiger partial charge >= 0.3 is 0 Å². The highest BCUT2D eigenvalue weighted by molar-refractivity contribution is 6.01. The third kappa shape index (κ3) is 4.05. The van der Waals surface area contributed by atoms with Crippen LogP contribution in [-0.2, 0) is 16.1 Å². The van der Waals surface area contributed by atoms with Crippen LogP contribution in [0.2, 0.25) is 0 Å². The molecule has 0 fully saturated rings. The van der Waals surface area contributed by atoms with Crippen LogP contribution in [0.4, 0.5) is 10.2 Å². The molecule has 1 amide bonds. The van der Waals surface area contributed by atoms with E-state index in [0.717, 1.165) is 0 Å². The molecule has 3 aromatic rings. The number of pyridine rings is 1. The predicted octanol–water partition coefficient (Wildman–Crippen LogP) is 3.99. The van der Waals surface area contributed by atoms with Crippen molar-refractivity contribution in [3.63, 3.8) is 0 Å². The van der Waals surface area contributed by atoms with Crippen LogP contribution in [0.3, 0.4) is 0 Å². The van der Waals surface area contributed by atoms with Gasteiger partial charge in [0.2, 0.25) is 18.4 Å². The number of benzene rings is 1.